The van der Waals surface area contributed by atoms with E-state index in [1.165, 1.54) is 0 Å². The van der Waals surface area contributed by atoms with Crippen LogP contribution in [0.5, 0.6) is 0 Å². The molecule has 0 aliphatic carbocycles. The van der Waals surface area contributed by atoms with Crippen molar-refractivity contribution in [2.45, 2.75) is 0 Å². The molecule has 0 spiro atoms. The quantitative estimate of drug-likeness (QED) is 0.529. The zero-order valence-electron chi connectivity index (χ0n) is 4.79. The summed E-state index contributed by atoms with van der Waals surface area (Å²) >= 11 is 0. The van der Waals surface area contributed by atoms with Crippen LogP contribution >= 0.6 is 8.38 Å². The predicted octanol–water partition coefficient (Wildman–Crippen LogP) is 0.949. The van der Waals surface area contributed by atoms with Crippen molar-refractivity contribution in [3.63, 3.8) is 0 Å². The van der Waals surface area contributed by atoms with E-state index in [1.54, 1.807) is 7.11 Å². The molecule has 1 heterocycles. The predicted molar refractivity (Wildman–Crippen MR) is 30.7 cm³/mol. The first-order valence-electron chi connectivity index (χ1n) is 2.46. The van der Waals surface area contributed by atoms with Gasteiger partial charge in [-0.25, -0.2) is 0 Å². The summed E-state index contributed by atoms with van der Waals surface area (Å²) in [7, 11) is 0.979. The highest BCUT2D eigenvalue weighted by molar-refractivity contribution is 7.47. The number of hydrogen-bond acceptors (Lipinski definition) is 3. The van der Waals surface area contributed by atoms with Crippen molar-refractivity contribution >= 4 is 8.38 Å². The van der Waals surface area contributed by atoms with Gasteiger partial charge in [0, 0.05) is 7.11 Å². The Hall–Kier alpha value is 0.310. The van der Waals surface area contributed by atoms with Crippen molar-refractivity contribution in [3.05, 3.63) is 0 Å². The lowest BCUT2D eigenvalue weighted by Crippen LogP contribution is -1.84. The summed E-state index contributed by atoms with van der Waals surface area (Å²) in [6, 6.07) is 0. The van der Waals surface area contributed by atoms with Gasteiger partial charge in [-0.05, 0) is 0 Å². The van der Waals surface area contributed by atoms with Gasteiger partial charge in [-0.15, -0.1) is 0 Å². The second kappa shape index (κ2) is 3.36. The Balaban J connectivity index is 2.06. The van der Waals surface area contributed by atoms with Crippen LogP contribution in [-0.2, 0) is 13.8 Å². The van der Waals surface area contributed by atoms with Crippen molar-refractivity contribution in [3.8, 4) is 0 Å². The molecule has 0 aromatic heterocycles. The number of rotatable bonds is 2. The first-order chi connectivity index (χ1) is 3.93. The van der Waals surface area contributed by atoms with Gasteiger partial charge in [0.1, 0.15) is 6.35 Å². The zero-order valence-corrected chi connectivity index (χ0v) is 5.69. The van der Waals surface area contributed by atoms with Gasteiger partial charge in [-0.1, -0.05) is 0 Å². The fraction of sp³-hybridized carbons (Fsp3) is 1.00. The van der Waals surface area contributed by atoms with Crippen molar-refractivity contribution in [2.24, 2.45) is 0 Å². The van der Waals surface area contributed by atoms with Crippen molar-refractivity contribution in [2.75, 3.05) is 26.7 Å². The van der Waals surface area contributed by atoms with Gasteiger partial charge in [-0.3, -0.25) is 0 Å². The standard InChI is InChI=1S/C4H9O3P/c1-5-4-8-6-2-3-7-8/h2-4H2,1H3. The van der Waals surface area contributed by atoms with Gasteiger partial charge >= 0.3 is 0 Å². The van der Waals surface area contributed by atoms with Gasteiger partial charge in [0.05, 0.1) is 13.2 Å². The van der Waals surface area contributed by atoms with Crippen LogP contribution in [0.15, 0.2) is 0 Å². The van der Waals surface area contributed by atoms with E-state index in [2.05, 4.69) is 0 Å². The maximum absolute atomic E-state index is 5.11. The molecule has 1 fully saturated rings. The molecule has 0 aromatic carbocycles. The summed E-state index contributed by atoms with van der Waals surface area (Å²) in [4.78, 5) is 0. The highest BCUT2D eigenvalue weighted by Crippen LogP contribution is 2.41. The molecule has 0 atom stereocenters. The average Bonchev–Trinajstić information content (AvgIpc) is 2.19. The second-order valence-corrected chi connectivity index (χ2v) is 2.86. The highest BCUT2D eigenvalue weighted by Gasteiger charge is 2.15. The van der Waals surface area contributed by atoms with E-state index in [-0.39, 0.29) is 0 Å². The van der Waals surface area contributed by atoms with E-state index in [0.29, 0.717) is 6.35 Å². The molecule has 48 valence electrons. The van der Waals surface area contributed by atoms with Crippen molar-refractivity contribution < 1.29 is 13.8 Å². The third-order valence-electron chi connectivity index (χ3n) is 0.788. The van der Waals surface area contributed by atoms with E-state index in [0.717, 1.165) is 13.2 Å². The molecular weight excluding hydrogens is 127 g/mol. The third kappa shape index (κ3) is 1.67. The van der Waals surface area contributed by atoms with Crippen molar-refractivity contribution in [1.82, 2.24) is 0 Å². The Morgan fingerprint density at radius 3 is 2.62 bits per heavy atom. The minimum atomic E-state index is -0.667. The molecule has 0 aromatic rings. The number of hydrogen-bond donors (Lipinski definition) is 0. The van der Waals surface area contributed by atoms with Crippen LogP contribution in [0.1, 0.15) is 0 Å². The Morgan fingerprint density at radius 2 is 2.12 bits per heavy atom. The largest absolute Gasteiger partial charge is 0.375 e. The monoisotopic (exact) mass is 136 g/mol. The molecule has 0 radical (unpaired) electrons. The summed E-state index contributed by atoms with van der Waals surface area (Å²) in [5.74, 6) is 0. The van der Waals surface area contributed by atoms with Gasteiger partial charge in [0.25, 0.3) is 0 Å². The number of methoxy groups -OCH3 is 1. The summed E-state index contributed by atoms with van der Waals surface area (Å²) in [6.45, 7) is 1.46. The van der Waals surface area contributed by atoms with E-state index in [9.17, 15) is 0 Å². The lowest BCUT2D eigenvalue weighted by Gasteiger charge is -2.03. The van der Waals surface area contributed by atoms with E-state index >= 15 is 0 Å². The summed E-state index contributed by atoms with van der Waals surface area (Å²) in [5.41, 5.74) is 0. The maximum atomic E-state index is 5.11. The fourth-order valence-corrected chi connectivity index (χ4v) is 1.49. The summed E-state index contributed by atoms with van der Waals surface area (Å²) < 4.78 is 15.0. The summed E-state index contributed by atoms with van der Waals surface area (Å²) in [5, 5.41) is 0. The summed E-state index contributed by atoms with van der Waals surface area (Å²) in [6.07, 6.45) is 0.606. The molecule has 1 aliphatic rings. The SMILES string of the molecule is COCP1OCCO1. The fourth-order valence-electron chi connectivity index (χ4n) is 0.495. The molecule has 0 N–H and O–H groups in total. The van der Waals surface area contributed by atoms with Gasteiger partial charge in [0.15, 0.2) is 8.38 Å². The van der Waals surface area contributed by atoms with Gasteiger partial charge < -0.3 is 13.8 Å². The molecule has 1 aliphatic heterocycles. The minimum absolute atomic E-state index is 0.606. The average molecular weight is 136 g/mol. The Morgan fingerprint density at radius 1 is 1.50 bits per heavy atom. The van der Waals surface area contributed by atoms with Crippen LogP contribution in [0.25, 0.3) is 0 Å². The van der Waals surface area contributed by atoms with Gasteiger partial charge in [-0.2, -0.15) is 0 Å². The molecule has 1 rings (SSSR count). The molecule has 0 unspecified atom stereocenters. The molecule has 3 nitrogen and oxygen atoms in total. The smallest absolute Gasteiger partial charge is 0.198 e. The van der Waals surface area contributed by atoms with Crippen LogP contribution in [0.2, 0.25) is 0 Å². The van der Waals surface area contributed by atoms with Gasteiger partial charge in [0.2, 0.25) is 0 Å². The molecule has 8 heavy (non-hydrogen) atoms. The second-order valence-electron chi connectivity index (χ2n) is 1.42. The van der Waals surface area contributed by atoms with E-state index < -0.39 is 8.38 Å². The van der Waals surface area contributed by atoms with Crippen molar-refractivity contribution in [1.29, 1.82) is 0 Å². The molecule has 4 heteroatoms. The third-order valence-corrected chi connectivity index (χ3v) is 2.20. The Kier molecular flexibility index (Phi) is 2.70. The topological polar surface area (TPSA) is 27.7 Å². The van der Waals surface area contributed by atoms with Crippen LogP contribution in [0, 0.1) is 0 Å². The van der Waals surface area contributed by atoms with Crippen LogP contribution in [0.3, 0.4) is 0 Å². The number of ether oxygens (including phenoxy) is 1. The van der Waals surface area contributed by atoms with E-state index in [4.69, 9.17) is 13.8 Å². The maximum Gasteiger partial charge on any atom is 0.198 e. The first-order valence-corrected chi connectivity index (χ1v) is 3.82. The zero-order chi connectivity index (χ0) is 5.82. The lowest BCUT2D eigenvalue weighted by molar-refractivity contribution is 0.234. The lowest BCUT2D eigenvalue weighted by atomic mass is 10.8. The normalized spacial score (nSPS) is 22.1. The Labute approximate surface area is 49.8 Å². The van der Waals surface area contributed by atoms with Crippen LogP contribution < -0.4 is 0 Å². The minimum Gasteiger partial charge on any atom is -0.375 e. The molecule has 1 saturated heterocycles. The molecule has 0 saturated carbocycles. The molecule has 0 amide bonds. The van der Waals surface area contributed by atoms with Crippen LogP contribution in [-0.4, -0.2) is 26.7 Å². The van der Waals surface area contributed by atoms with E-state index in [1.807, 2.05) is 0 Å². The highest BCUT2D eigenvalue weighted by atomic mass is 31.2. The Bertz CT molecular complexity index is 62.3. The molecule has 0 bridgehead atoms. The van der Waals surface area contributed by atoms with Crippen LogP contribution in [0.4, 0.5) is 0 Å². The first kappa shape index (κ1) is 6.43. The molecular formula is C4H9O3P.